The van der Waals surface area contributed by atoms with E-state index < -0.39 is 28.0 Å². The quantitative estimate of drug-likeness (QED) is 0.654. The molecule has 0 fully saturated rings. The zero-order valence-corrected chi connectivity index (χ0v) is 16.6. The third kappa shape index (κ3) is 4.45. The van der Waals surface area contributed by atoms with E-state index in [0.29, 0.717) is 24.3 Å². The maximum Gasteiger partial charge on any atom is 0.307 e. The highest BCUT2D eigenvalue weighted by Crippen LogP contribution is 2.22. The van der Waals surface area contributed by atoms with Gasteiger partial charge in [0.2, 0.25) is 10.0 Å². The summed E-state index contributed by atoms with van der Waals surface area (Å²) in [5.74, 6) is -0.624. The molecule has 10 heteroatoms. The molecule has 0 bridgehead atoms. The smallest absolute Gasteiger partial charge is 0.307 e. The lowest BCUT2D eigenvalue weighted by atomic mass is 10.3. The number of nitrogens with zero attached hydrogens (tertiary/aromatic N) is 3. The Kier molecular flexibility index (Phi) is 6.22. The highest BCUT2D eigenvalue weighted by molar-refractivity contribution is 7.89. The van der Waals surface area contributed by atoms with Gasteiger partial charge in [-0.25, -0.2) is 17.7 Å². The van der Waals surface area contributed by atoms with Crippen molar-refractivity contribution in [2.24, 2.45) is 5.73 Å². The Labute approximate surface area is 158 Å². The summed E-state index contributed by atoms with van der Waals surface area (Å²) in [6, 6.07) is 4.77. The molecule has 0 aliphatic rings. The van der Waals surface area contributed by atoms with Gasteiger partial charge in [-0.15, -0.1) is 0 Å². The van der Waals surface area contributed by atoms with Crippen LogP contribution in [0.4, 0.5) is 0 Å². The summed E-state index contributed by atoms with van der Waals surface area (Å²) in [4.78, 5) is 27.5. The molecule has 2 N–H and O–H groups in total. The van der Waals surface area contributed by atoms with Crippen molar-refractivity contribution >= 4 is 32.9 Å². The number of hydrogen-bond acceptors (Lipinski definition) is 6. The highest BCUT2D eigenvalue weighted by Gasteiger charge is 2.20. The number of hydrogen-bond donors (Lipinski definition) is 1. The third-order valence-electron chi connectivity index (χ3n) is 4.16. The van der Waals surface area contributed by atoms with E-state index in [1.165, 1.54) is 33.2 Å². The lowest BCUT2D eigenvalue weighted by Gasteiger charge is -2.11. The van der Waals surface area contributed by atoms with Gasteiger partial charge in [0.25, 0.3) is 5.91 Å². The number of fused-ring (bicyclic) bond motifs is 1. The van der Waals surface area contributed by atoms with Gasteiger partial charge < -0.3 is 15.0 Å². The van der Waals surface area contributed by atoms with Crippen molar-refractivity contribution in [3.05, 3.63) is 24.0 Å². The van der Waals surface area contributed by atoms with Crippen molar-refractivity contribution in [1.29, 1.82) is 0 Å². The van der Waals surface area contributed by atoms with Crippen molar-refractivity contribution in [3.63, 3.8) is 0 Å². The number of rotatable bonds is 8. The SMILES string of the molecule is CCn1c(CCC(=O)OC(C)C(N)=O)nc2cc(S(=O)(=O)N(C)C)ccc21. The fourth-order valence-corrected chi connectivity index (χ4v) is 3.52. The van der Waals surface area contributed by atoms with Crippen LogP contribution in [-0.2, 0) is 37.3 Å². The molecule has 0 spiro atoms. The first-order valence-corrected chi connectivity index (χ1v) is 9.92. The molecule has 1 atom stereocenters. The summed E-state index contributed by atoms with van der Waals surface area (Å²) < 4.78 is 32.6. The molecule has 0 aliphatic carbocycles. The van der Waals surface area contributed by atoms with Crippen LogP contribution >= 0.6 is 0 Å². The van der Waals surface area contributed by atoms with Crippen LogP contribution in [0, 0.1) is 0 Å². The zero-order chi connectivity index (χ0) is 20.4. The monoisotopic (exact) mass is 396 g/mol. The Hall–Kier alpha value is -2.46. The summed E-state index contributed by atoms with van der Waals surface area (Å²) >= 11 is 0. The average molecular weight is 396 g/mol. The topological polar surface area (TPSA) is 125 Å². The summed E-state index contributed by atoms with van der Waals surface area (Å²) in [5, 5.41) is 0. The zero-order valence-electron chi connectivity index (χ0n) is 15.8. The van der Waals surface area contributed by atoms with Crippen molar-refractivity contribution in [2.45, 2.75) is 44.2 Å². The minimum Gasteiger partial charge on any atom is -0.453 e. The molecule has 0 aliphatic heterocycles. The Morgan fingerprint density at radius 2 is 2.00 bits per heavy atom. The first kappa shape index (κ1) is 20.8. The van der Waals surface area contributed by atoms with E-state index in [0.717, 1.165) is 9.82 Å². The number of aromatic nitrogens is 2. The van der Waals surface area contributed by atoms with Crippen LogP contribution in [0.5, 0.6) is 0 Å². The molecular formula is C17H24N4O5S. The Balaban J connectivity index is 2.27. The molecule has 1 amide bonds. The second kappa shape index (κ2) is 8.05. The van der Waals surface area contributed by atoms with E-state index in [1.54, 1.807) is 6.07 Å². The van der Waals surface area contributed by atoms with Crippen molar-refractivity contribution in [3.8, 4) is 0 Å². The first-order valence-electron chi connectivity index (χ1n) is 8.48. The maximum atomic E-state index is 12.3. The van der Waals surface area contributed by atoms with Gasteiger partial charge in [-0.05, 0) is 32.0 Å². The fraction of sp³-hybridized carbons (Fsp3) is 0.471. The van der Waals surface area contributed by atoms with Gasteiger partial charge in [0.05, 0.1) is 22.3 Å². The summed E-state index contributed by atoms with van der Waals surface area (Å²) in [5.41, 5.74) is 6.39. The third-order valence-corrected chi connectivity index (χ3v) is 5.97. The lowest BCUT2D eigenvalue weighted by molar-refractivity contribution is -0.153. The number of ether oxygens (including phenoxy) is 1. The number of carbonyl (C=O) groups is 2. The number of esters is 1. The number of benzene rings is 1. The number of aryl methyl sites for hydroxylation is 2. The fourth-order valence-electron chi connectivity index (χ4n) is 2.60. The Morgan fingerprint density at radius 3 is 2.56 bits per heavy atom. The molecule has 9 nitrogen and oxygen atoms in total. The molecule has 0 saturated carbocycles. The number of amides is 1. The molecule has 148 valence electrons. The van der Waals surface area contributed by atoms with Crippen LogP contribution in [0.2, 0.25) is 0 Å². The van der Waals surface area contributed by atoms with Gasteiger partial charge in [-0.2, -0.15) is 0 Å². The first-order chi connectivity index (χ1) is 12.6. The molecule has 1 aromatic carbocycles. The molecule has 1 unspecified atom stereocenters. The number of imidazole rings is 1. The largest absolute Gasteiger partial charge is 0.453 e. The predicted molar refractivity (Wildman–Crippen MR) is 99.3 cm³/mol. The molecule has 1 heterocycles. The second-order valence-electron chi connectivity index (χ2n) is 6.24. The van der Waals surface area contributed by atoms with Gasteiger partial charge in [-0.1, -0.05) is 0 Å². The number of nitrogens with two attached hydrogens (primary N) is 1. The normalized spacial score (nSPS) is 13.1. The van der Waals surface area contributed by atoms with Gasteiger partial charge >= 0.3 is 5.97 Å². The molecule has 27 heavy (non-hydrogen) atoms. The highest BCUT2D eigenvalue weighted by atomic mass is 32.2. The molecule has 1 aromatic heterocycles. The van der Waals surface area contributed by atoms with E-state index in [9.17, 15) is 18.0 Å². The molecule has 2 rings (SSSR count). The predicted octanol–water partition coefficient (Wildman–Crippen LogP) is 0.656. The van der Waals surface area contributed by atoms with E-state index in [1.807, 2.05) is 11.5 Å². The van der Waals surface area contributed by atoms with E-state index in [2.05, 4.69) is 4.98 Å². The Bertz CT molecular complexity index is 965. The van der Waals surface area contributed by atoms with Gasteiger partial charge in [0.15, 0.2) is 6.10 Å². The lowest BCUT2D eigenvalue weighted by Crippen LogP contribution is -2.30. The van der Waals surface area contributed by atoms with Crippen LogP contribution in [0.15, 0.2) is 23.1 Å². The molecule has 0 saturated heterocycles. The van der Waals surface area contributed by atoms with Gasteiger partial charge in [0.1, 0.15) is 5.82 Å². The molecule has 2 aromatic rings. The van der Waals surface area contributed by atoms with Crippen LogP contribution in [0.3, 0.4) is 0 Å². The molecule has 0 radical (unpaired) electrons. The van der Waals surface area contributed by atoms with Crippen LogP contribution < -0.4 is 5.73 Å². The second-order valence-corrected chi connectivity index (χ2v) is 8.40. The number of sulfonamides is 1. The summed E-state index contributed by atoms with van der Waals surface area (Å²) in [6.45, 7) is 3.95. The van der Waals surface area contributed by atoms with E-state index >= 15 is 0 Å². The van der Waals surface area contributed by atoms with Crippen molar-refractivity contribution in [1.82, 2.24) is 13.9 Å². The van der Waals surface area contributed by atoms with E-state index in [-0.39, 0.29) is 11.3 Å². The van der Waals surface area contributed by atoms with Crippen LogP contribution in [0.25, 0.3) is 11.0 Å². The standard InChI is InChI=1S/C17H24N4O5S/c1-5-21-14-7-6-12(27(24,25)20(3)4)10-13(14)19-15(21)8-9-16(22)26-11(2)17(18)23/h6-7,10-11H,5,8-9H2,1-4H3,(H2,18,23). The Morgan fingerprint density at radius 1 is 1.33 bits per heavy atom. The average Bonchev–Trinajstić information content (AvgIpc) is 2.96. The van der Waals surface area contributed by atoms with Gasteiger partial charge in [0, 0.05) is 27.1 Å². The van der Waals surface area contributed by atoms with Crippen molar-refractivity contribution < 1.29 is 22.7 Å². The summed E-state index contributed by atoms with van der Waals surface area (Å²) in [6.07, 6.45) is -0.659. The minimum atomic E-state index is -3.56. The molecular weight excluding hydrogens is 372 g/mol. The van der Waals surface area contributed by atoms with Gasteiger partial charge in [-0.3, -0.25) is 9.59 Å². The van der Waals surface area contributed by atoms with Crippen LogP contribution in [0.1, 0.15) is 26.1 Å². The van der Waals surface area contributed by atoms with Crippen molar-refractivity contribution in [2.75, 3.05) is 14.1 Å². The minimum absolute atomic E-state index is 0.0315. The van der Waals surface area contributed by atoms with E-state index in [4.69, 9.17) is 10.5 Å². The number of primary amides is 1. The van der Waals surface area contributed by atoms with Crippen LogP contribution in [-0.4, -0.2) is 54.3 Å². The summed E-state index contributed by atoms with van der Waals surface area (Å²) in [7, 11) is -0.627. The number of carbonyl (C=O) groups excluding carboxylic acids is 2. The maximum absolute atomic E-state index is 12.3.